The minimum absolute atomic E-state index is 0.139. The van der Waals surface area contributed by atoms with Gasteiger partial charge in [0.1, 0.15) is 11.4 Å². The number of hydrogen-bond acceptors (Lipinski definition) is 4. The third-order valence-electron chi connectivity index (χ3n) is 3.62. The number of nitrogens with one attached hydrogen (secondary N) is 2. The summed E-state index contributed by atoms with van der Waals surface area (Å²) >= 11 is 3.36. The molecule has 2 aromatic rings. The second kappa shape index (κ2) is 7.40. The van der Waals surface area contributed by atoms with Crippen LogP contribution in [0, 0.1) is 0 Å². The number of rotatable bonds is 4. The van der Waals surface area contributed by atoms with Gasteiger partial charge in [0.15, 0.2) is 0 Å². The summed E-state index contributed by atoms with van der Waals surface area (Å²) in [4.78, 5) is 24.6. The van der Waals surface area contributed by atoms with E-state index < -0.39 is 0 Å². The van der Waals surface area contributed by atoms with Gasteiger partial charge in [0.2, 0.25) is 5.91 Å². The van der Waals surface area contributed by atoms with Gasteiger partial charge in [-0.15, -0.1) is 0 Å². The summed E-state index contributed by atoms with van der Waals surface area (Å²) in [5, 5.41) is 4.16. The topological polar surface area (TPSA) is 70.7 Å². The Morgan fingerprint density at radius 3 is 2.72 bits per heavy atom. The van der Waals surface area contributed by atoms with E-state index in [1.807, 2.05) is 12.1 Å². The molecule has 0 saturated heterocycles. The van der Waals surface area contributed by atoms with Gasteiger partial charge in [-0.2, -0.15) is 0 Å². The Labute approximate surface area is 153 Å². The first-order valence-electron chi connectivity index (χ1n) is 7.57. The zero-order valence-corrected chi connectivity index (χ0v) is 15.0. The number of hydrazine groups is 1. The van der Waals surface area contributed by atoms with Crippen LogP contribution in [0.4, 0.5) is 11.4 Å². The quantitative estimate of drug-likeness (QED) is 0.824. The predicted molar refractivity (Wildman–Crippen MR) is 99.1 cm³/mol. The van der Waals surface area contributed by atoms with E-state index in [9.17, 15) is 9.59 Å². The Kier molecular flexibility index (Phi) is 5.04. The van der Waals surface area contributed by atoms with Crippen LogP contribution in [0.2, 0.25) is 0 Å². The average Bonchev–Trinajstić information content (AvgIpc) is 2.63. The van der Waals surface area contributed by atoms with E-state index in [0.29, 0.717) is 22.8 Å². The first-order chi connectivity index (χ1) is 12.1. The number of anilines is 2. The highest BCUT2D eigenvalue weighted by Gasteiger charge is 2.24. The molecule has 0 bridgehead atoms. The summed E-state index contributed by atoms with van der Waals surface area (Å²) in [6.07, 6.45) is 1.72. The van der Waals surface area contributed by atoms with Crippen molar-refractivity contribution in [3.63, 3.8) is 0 Å². The number of ether oxygens (including phenoxy) is 1. The lowest BCUT2D eigenvalue weighted by molar-refractivity contribution is -0.119. The first-order valence-corrected chi connectivity index (χ1v) is 8.37. The Hall–Kier alpha value is -2.80. The van der Waals surface area contributed by atoms with E-state index in [1.165, 1.54) is 5.01 Å². The number of methoxy groups -OCH3 is 1. The van der Waals surface area contributed by atoms with Gasteiger partial charge in [-0.05, 0) is 42.5 Å². The molecule has 0 radical (unpaired) electrons. The van der Waals surface area contributed by atoms with Gasteiger partial charge in [-0.1, -0.05) is 22.0 Å². The molecule has 0 unspecified atom stereocenters. The van der Waals surface area contributed by atoms with Crippen LogP contribution in [0.15, 0.2) is 64.8 Å². The van der Waals surface area contributed by atoms with Gasteiger partial charge >= 0.3 is 0 Å². The smallest absolute Gasteiger partial charge is 0.273 e. The highest BCUT2D eigenvalue weighted by atomic mass is 79.9. The predicted octanol–water partition coefficient (Wildman–Crippen LogP) is 3.22. The molecule has 0 spiro atoms. The van der Waals surface area contributed by atoms with Gasteiger partial charge in [0.25, 0.3) is 5.91 Å². The van der Waals surface area contributed by atoms with Crippen molar-refractivity contribution < 1.29 is 14.3 Å². The van der Waals surface area contributed by atoms with E-state index in [0.717, 1.165) is 4.47 Å². The zero-order valence-electron chi connectivity index (χ0n) is 13.5. The van der Waals surface area contributed by atoms with Crippen molar-refractivity contribution in [3.05, 3.63) is 64.8 Å². The number of hydrogen-bond donors (Lipinski definition) is 2. The van der Waals surface area contributed by atoms with E-state index in [1.54, 1.807) is 49.6 Å². The van der Waals surface area contributed by atoms with Crippen molar-refractivity contribution in [2.24, 2.45) is 0 Å². The van der Waals surface area contributed by atoms with E-state index in [-0.39, 0.29) is 18.2 Å². The lowest BCUT2D eigenvalue weighted by Crippen LogP contribution is -2.47. The average molecular weight is 402 g/mol. The minimum Gasteiger partial charge on any atom is -0.497 e. The Bertz CT molecular complexity index is 834. The summed E-state index contributed by atoms with van der Waals surface area (Å²) in [7, 11) is 1.56. The molecule has 3 rings (SSSR count). The molecule has 0 saturated carbocycles. The normalized spacial score (nSPS) is 13.8. The SMILES string of the molecule is COc1cccc(NC(=O)C2=CCC(=O)N(c3ccc(Br)cc3)N2)c1. The van der Waals surface area contributed by atoms with Crippen LogP contribution in [-0.2, 0) is 9.59 Å². The fraction of sp³-hybridized carbons (Fsp3) is 0.111. The van der Waals surface area contributed by atoms with Crippen molar-refractivity contribution in [1.29, 1.82) is 0 Å². The number of carbonyl (C=O) groups is 2. The molecular weight excluding hydrogens is 386 g/mol. The Morgan fingerprint density at radius 2 is 2.00 bits per heavy atom. The van der Waals surface area contributed by atoms with Crippen LogP contribution in [0.3, 0.4) is 0 Å². The van der Waals surface area contributed by atoms with E-state index >= 15 is 0 Å². The second-order valence-corrected chi connectivity index (χ2v) is 6.24. The number of carbonyl (C=O) groups excluding carboxylic acids is 2. The van der Waals surface area contributed by atoms with Gasteiger partial charge in [-0.25, -0.2) is 5.01 Å². The van der Waals surface area contributed by atoms with Crippen LogP contribution in [0.1, 0.15) is 6.42 Å². The largest absolute Gasteiger partial charge is 0.497 e. The van der Waals surface area contributed by atoms with Gasteiger partial charge < -0.3 is 10.1 Å². The second-order valence-electron chi connectivity index (χ2n) is 5.33. The summed E-state index contributed by atoms with van der Waals surface area (Å²) in [5.74, 6) is 0.179. The van der Waals surface area contributed by atoms with Crippen molar-refractivity contribution in [2.45, 2.75) is 6.42 Å². The molecule has 1 aliphatic heterocycles. The molecule has 25 heavy (non-hydrogen) atoms. The van der Waals surface area contributed by atoms with Crippen LogP contribution >= 0.6 is 15.9 Å². The fourth-order valence-electron chi connectivity index (χ4n) is 2.35. The standard InChI is InChI=1S/C18H16BrN3O3/c1-25-15-4-2-3-13(11-15)20-18(24)16-9-10-17(23)22(21-16)14-7-5-12(19)6-8-14/h2-9,11,21H,10H2,1H3,(H,20,24). The summed E-state index contributed by atoms with van der Waals surface area (Å²) in [6, 6.07) is 14.3. The van der Waals surface area contributed by atoms with Crippen LogP contribution in [-0.4, -0.2) is 18.9 Å². The number of nitrogens with zero attached hydrogens (tertiary/aromatic N) is 1. The van der Waals surface area contributed by atoms with Crippen LogP contribution < -0.4 is 20.5 Å². The fourth-order valence-corrected chi connectivity index (χ4v) is 2.61. The number of amides is 2. The lowest BCUT2D eigenvalue weighted by Gasteiger charge is -2.28. The highest BCUT2D eigenvalue weighted by Crippen LogP contribution is 2.22. The van der Waals surface area contributed by atoms with Gasteiger partial charge in [0, 0.05) is 22.6 Å². The van der Waals surface area contributed by atoms with Gasteiger partial charge in [-0.3, -0.25) is 15.0 Å². The third-order valence-corrected chi connectivity index (χ3v) is 4.15. The molecule has 0 aliphatic carbocycles. The number of benzene rings is 2. The molecule has 0 fully saturated rings. The third kappa shape index (κ3) is 4.00. The highest BCUT2D eigenvalue weighted by molar-refractivity contribution is 9.10. The van der Waals surface area contributed by atoms with Crippen molar-refractivity contribution >= 4 is 39.1 Å². The molecule has 2 amide bonds. The van der Waals surface area contributed by atoms with E-state index in [4.69, 9.17) is 4.74 Å². The molecule has 1 aliphatic rings. The Morgan fingerprint density at radius 1 is 1.24 bits per heavy atom. The molecule has 7 heteroatoms. The molecule has 2 aromatic carbocycles. The van der Waals surface area contributed by atoms with Crippen molar-refractivity contribution in [3.8, 4) is 5.75 Å². The molecular formula is C18H16BrN3O3. The van der Waals surface area contributed by atoms with Crippen LogP contribution in [0.25, 0.3) is 0 Å². The molecule has 1 heterocycles. The minimum atomic E-state index is -0.331. The Balaban J connectivity index is 1.74. The molecule has 2 N–H and O–H groups in total. The summed E-state index contributed by atoms with van der Waals surface area (Å²) in [6.45, 7) is 0. The molecule has 6 nitrogen and oxygen atoms in total. The maximum absolute atomic E-state index is 12.5. The molecule has 0 atom stereocenters. The zero-order chi connectivity index (χ0) is 17.8. The lowest BCUT2D eigenvalue weighted by atomic mass is 10.2. The number of halogens is 1. The van der Waals surface area contributed by atoms with Gasteiger partial charge in [0.05, 0.1) is 12.8 Å². The van der Waals surface area contributed by atoms with Crippen molar-refractivity contribution in [2.75, 3.05) is 17.4 Å². The molecule has 128 valence electrons. The maximum atomic E-state index is 12.5. The molecule has 0 aromatic heterocycles. The summed E-state index contributed by atoms with van der Waals surface area (Å²) in [5.41, 5.74) is 4.45. The maximum Gasteiger partial charge on any atom is 0.273 e. The van der Waals surface area contributed by atoms with Crippen molar-refractivity contribution in [1.82, 2.24) is 5.43 Å². The monoisotopic (exact) mass is 401 g/mol. The first kappa shape index (κ1) is 17.0. The summed E-state index contributed by atoms with van der Waals surface area (Å²) < 4.78 is 6.05. The van der Waals surface area contributed by atoms with Crippen LogP contribution in [0.5, 0.6) is 5.75 Å². The van der Waals surface area contributed by atoms with E-state index in [2.05, 4.69) is 26.7 Å².